The molecule has 22 heavy (non-hydrogen) atoms. The minimum atomic E-state index is -3.45. The van der Waals surface area contributed by atoms with Gasteiger partial charge >= 0.3 is 0 Å². The third-order valence-corrected chi connectivity index (χ3v) is 4.44. The number of rotatable bonds is 6. The molecule has 124 valence electrons. The van der Waals surface area contributed by atoms with E-state index in [0.717, 1.165) is 16.7 Å². The van der Waals surface area contributed by atoms with Gasteiger partial charge in [-0.15, -0.1) is 0 Å². The molecule has 6 heteroatoms. The molecule has 0 fully saturated rings. The Kier molecular flexibility index (Phi) is 6.00. The van der Waals surface area contributed by atoms with Crippen molar-refractivity contribution in [3.8, 4) is 0 Å². The van der Waals surface area contributed by atoms with Gasteiger partial charge in [-0.1, -0.05) is 17.7 Å². The molecule has 1 rings (SSSR count). The van der Waals surface area contributed by atoms with Gasteiger partial charge in [0.1, 0.15) is 0 Å². The van der Waals surface area contributed by atoms with Crippen molar-refractivity contribution >= 4 is 21.6 Å². The van der Waals surface area contributed by atoms with Crippen LogP contribution in [0.4, 0.5) is 5.69 Å². The normalized spacial score (nSPS) is 11.6. The van der Waals surface area contributed by atoms with E-state index in [9.17, 15) is 13.2 Å². The highest BCUT2D eigenvalue weighted by molar-refractivity contribution is 7.92. The Bertz CT molecular complexity index is 628. The van der Waals surface area contributed by atoms with Gasteiger partial charge in [-0.25, -0.2) is 8.42 Å². The lowest BCUT2D eigenvalue weighted by Crippen LogP contribution is -2.37. The highest BCUT2D eigenvalue weighted by atomic mass is 32.2. The zero-order chi connectivity index (χ0) is 17.1. The molecule has 0 atom stereocenters. The number of sulfonamides is 1. The number of carbonyl (C=O) groups excluding carboxylic acids is 1. The first kappa shape index (κ1) is 18.5. The fourth-order valence-electron chi connectivity index (χ4n) is 2.61. The van der Waals surface area contributed by atoms with Gasteiger partial charge < -0.3 is 5.32 Å². The summed E-state index contributed by atoms with van der Waals surface area (Å²) in [5, 5.41) is 2.78. The molecular weight excluding hydrogens is 300 g/mol. The predicted molar refractivity (Wildman–Crippen MR) is 90.7 cm³/mol. The maximum atomic E-state index is 12.2. The number of anilines is 1. The monoisotopic (exact) mass is 326 g/mol. The van der Waals surface area contributed by atoms with Crippen LogP contribution in [0, 0.1) is 20.8 Å². The van der Waals surface area contributed by atoms with Crippen molar-refractivity contribution in [1.29, 1.82) is 0 Å². The SMILES string of the molecule is Cc1cc(C)c(N(CCC(=O)NC(C)C)S(C)(=O)=O)c(C)c1. The molecule has 1 amide bonds. The lowest BCUT2D eigenvalue weighted by molar-refractivity contribution is -0.121. The topological polar surface area (TPSA) is 66.5 Å². The highest BCUT2D eigenvalue weighted by Crippen LogP contribution is 2.28. The van der Waals surface area contributed by atoms with Crippen LogP contribution in [0.25, 0.3) is 0 Å². The summed E-state index contributed by atoms with van der Waals surface area (Å²) in [6.45, 7) is 9.65. The van der Waals surface area contributed by atoms with Crippen molar-refractivity contribution < 1.29 is 13.2 Å². The number of benzene rings is 1. The molecule has 1 N–H and O–H groups in total. The summed E-state index contributed by atoms with van der Waals surface area (Å²) in [5.41, 5.74) is 3.55. The number of nitrogens with zero attached hydrogens (tertiary/aromatic N) is 1. The molecule has 0 heterocycles. The summed E-state index contributed by atoms with van der Waals surface area (Å²) in [4.78, 5) is 11.8. The lowest BCUT2D eigenvalue weighted by Gasteiger charge is -2.26. The Morgan fingerprint density at radius 3 is 2.09 bits per heavy atom. The van der Waals surface area contributed by atoms with Gasteiger partial charge in [0.15, 0.2) is 0 Å². The van der Waals surface area contributed by atoms with E-state index in [1.807, 2.05) is 46.8 Å². The molecule has 0 aliphatic heterocycles. The second-order valence-corrected chi connectivity index (χ2v) is 7.96. The summed E-state index contributed by atoms with van der Waals surface area (Å²) < 4.78 is 25.6. The molecule has 0 aliphatic rings. The fraction of sp³-hybridized carbons (Fsp3) is 0.562. The van der Waals surface area contributed by atoms with E-state index in [1.165, 1.54) is 10.6 Å². The van der Waals surface area contributed by atoms with E-state index < -0.39 is 10.0 Å². The van der Waals surface area contributed by atoms with Crippen LogP contribution in [0.1, 0.15) is 37.0 Å². The van der Waals surface area contributed by atoms with E-state index >= 15 is 0 Å². The molecule has 0 aliphatic carbocycles. The molecule has 0 bridgehead atoms. The molecule has 0 spiro atoms. The largest absolute Gasteiger partial charge is 0.354 e. The molecule has 0 aromatic heterocycles. The molecule has 0 saturated carbocycles. The van der Waals surface area contributed by atoms with Crippen LogP contribution < -0.4 is 9.62 Å². The Balaban J connectivity index is 3.09. The first-order valence-corrected chi connectivity index (χ1v) is 9.22. The maximum Gasteiger partial charge on any atom is 0.232 e. The minimum absolute atomic E-state index is 0.0435. The Morgan fingerprint density at radius 2 is 1.68 bits per heavy atom. The van der Waals surface area contributed by atoms with Gasteiger partial charge in [-0.2, -0.15) is 0 Å². The number of carbonyl (C=O) groups is 1. The van der Waals surface area contributed by atoms with Gasteiger partial charge in [0.05, 0.1) is 11.9 Å². The number of hydrogen-bond acceptors (Lipinski definition) is 3. The quantitative estimate of drug-likeness (QED) is 0.872. The average molecular weight is 326 g/mol. The summed E-state index contributed by atoms with van der Waals surface area (Å²) in [6.07, 6.45) is 1.31. The summed E-state index contributed by atoms with van der Waals surface area (Å²) in [5.74, 6) is -0.147. The van der Waals surface area contributed by atoms with E-state index in [4.69, 9.17) is 0 Å². The fourth-order valence-corrected chi connectivity index (χ4v) is 3.65. The van der Waals surface area contributed by atoms with Crippen molar-refractivity contribution in [1.82, 2.24) is 5.32 Å². The maximum absolute atomic E-state index is 12.2. The second-order valence-electron chi connectivity index (χ2n) is 6.05. The Labute approximate surface area is 133 Å². The van der Waals surface area contributed by atoms with Gasteiger partial charge in [-0.05, 0) is 45.7 Å². The van der Waals surface area contributed by atoms with E-state index in [-0.39, 0.29) is 24.9 Å². The predicted octanol–water partition coefficient (Wildman–Crippen LogP) is 2.29. The van der Waals surface area contributed by atoms with E-state index in [0.29, 0.717) is 5.69 Å². The van der Waals surface area contributed by atoms with E-state index in [1.54, 1.807) is 0 Å². The van der Waals surface area contributed by atoms with Crippen LogP contribution in [0.5, 0.6) is 0 Å². The van der Waals surface area contributed by atoms with Gasteiger partial charge in [0.25, 0.3) is 0 Å². The molecule has 0 unspecified atom stereocenters. The second kappa shape index (κ2) is 7.13. The van der Waals surface area contributed by atoms with Gasteiger partial charge in [-0.3, -0.25) is 9.10 Å². The molecular formula is C16H26N2O3S. The smallest absolute Gasteiger partial charge is 0.232 e. The van der Waals surface area contributed by atoms with Crippen molar-refractivity contribution in [2.45, 2.75) is 47.1 Å². The highest BCUT2D eigenvalue weighted by Gasteiger charge is 2.22. The number of amides is 1. The molecule has 0 saturated heterocycles. The number of hydrogen-bond donors (Lipinski definition) is 1. The summed E-state index contributed by atoms with van der Waals surface area (Å²) in [7, 11) is -3.45. The van der Waals surface area contributed by atoms with Crippen molar-refractivity contribution in [2.75, 3.05) is 17.1 Å². The Hall–Kier alpha value is -1.56. The van der Waals surface area contributed by atoms with Gasteiger partial charge in [0, 0.05) is 19.0 Å². The first-order chi connectivity index (χ1) is 10.0. The van der Waals surface area contributed by atoms with Gasteiger partial charge in [0.2, 0.25) is 15.9 Å². The van der Waals surface area contributed by atoms with Crippen LogP contribution in [0.15, 0.2) is 12.1 Å². The average Bonchev–Trinajstić information content (AvgIpc) is 2.29. The van der Waals surface area contributed by atoms with Crippen LogP contribution in [0.2, 0.25) is 0 Å². The van der Waals surface area contributed by atoms with E-state index in [2.05, 4.69) is 5.32 Å². The van der Waals surface area contributed by atoms with Crippen molar-refractivity contribution in [3.63, 3.8) is 0 Å². The third-order valence-electron chi connectivity index (χ3n) is 3.28. The zero-order valence-corrected chi connectivity index (χ0v) is 15.0. The lowest BCUT2D eigenvalue weighted by atomic mass is 10.1. The molecule has 1 aromatic carbocycles. The van der Waals surface area contributed by atoms with Crippen LogP contribution in [-0.2, 0) is 14.8 Å². The van der Waals surface area contributed by atoms with Crippen LogP contribution in [0.3, 0.4) is 0 Å². The van der Waals surface area contributed by atoms with Crippen molar-refractivity contribution in [2.24, 2.45) is 0 Å². The minimum Gasteiger partial charge on any atom is -0.354 e. The van der Waals surface area contributed by atoms with Crippen LogP contribution >= 0.6 is 0 Å². The van der Waals surface area contributed by atoms with Crippen molar-refractivity contribution in [3.05, 3.63) is 28.8 Å². The summed E-state index contributed by atoms with van der Waals surface area (Å²) >= 11 is 0. The first-order valence-electron chi connectivity index (χ1n) is 7.37. The molecule has 5 nitrogen and oxygen atoms in total. The number of aryl methyl sites for hydroxylation is 3. The molecule has 0 radical (unpaired) electrons. The number of nitrogens with one attached hydrogen (secondary N) is 1. The third kappa shape index (κ3) is 5.02. The summed E-state index contributed by atoms with van der Waals surface area (Å²) in [6, 6.07) is 3.95. The zero-order valence-electron chi connectivity index (χ0n) is 14.2. The Morgan fingerprint density at radius 1 is 1.18 bits per heavy atom. The van der Waals surface area contributed by atoms with Crippen LogP contribution in [-0.4, -0.2) is 33.2 Å². The molecule has 1 aromatic rings. The standard InChI is InChI=1S/C16H26N2O3S/c1-11(2)17-15(19)7-8-18(22(6,20)21)16-13(4)9-12(3)10-14(16)5/h9-11H,7-8H2,1-6H3,(H,17,19).